The van der Waals surface area contributed by atoms with Crippen molar-refractivity contribution in [2.45, 2.75) is 0 Å². The molecule has 10 nitrogen and oxygen atoms in total. The van der Waals surface area contributed by atoms with Gasteiger partial charge in [-0.05, 0) is 34.7 Å². The summed E-state index contributed by atoms with van der Waals surface area (Å²) in [6, 6.07) is 9.93. The number of aromatic nitrogens is 6. The molecular weight excluding hydrogens is 398 g/mol. The van der Waals surface area contributed by atoms with E-state index in [-0.39, 0.29) is 16.3 Å². The molecule has 0 bridgehead atoms. The zero-order chi connectivity index (χ0) is 20.4. The number of methoxy groups -OCH3 is 1. The van der Waals surface area contributed by atoms with Crippen LogP contribution in [0.5, 0.6) is 5.75 Å². The molecule has 2 aromatic heterocycles. The Kier molecular flexibility index (Phi) is 4.83. The van der Waals surface area contributed by atoms with Gasteiger partial charge in [-0.2, -0.15) is 4.68 Å². The standard InChI is InChI=1S/C18H14ClN7O3/c1-29-16-9-15(26-10-21-23-24-26)14(19)8-13(16)17(27)22-11-3-2-4-12(7-11)25-6-5-20-18(25)28/h2-10H,1H3,(H,20,28)(H,22,27). The molecule has 0 spiro atoms. The third kappa shape index (κ3) is 3.60. The van der Waals surface area contributed by atoms with E-state index < -0.39 is 5.91 Å². The number of halogens is 1. The minimum absolute atomic E-state index is 0.235. The Morgan fingerprint density at radius 2 is 2.14 bits per heavy atom. The summed E-state index contributed by atoms with van der Waals surface area (Å²) in [5.74, 6) is -0.124. The third-order valence-electron chi connectivity index (χ3n) is 4.14. The SMILES string of the molecule is COc1cc(-n2cnnn2)c(Cl)cc1C(=O)Nc1cccc(-n2cc[nH]c2=O)c1. The molecule has 1 amide bonds. The van der Waals surface area contributed by atoms with Gasteiger partial charge in [0, 0.05) is 24.1 Å². The molecule has 11 heteroatoms. The maximum Gasteiger partial charge on any atom is 0.330 e. The minimum atomic E-state index is -0.425. The second-order valence-electron chi connectivity index (χ2n) is 5.90. The number of ether oxygens (including phenoxy) is 1. The summed E-state index contributed by atoms with van der Waals surface area (Å²) in [6.45, 7) is 0. The fourth-order valence-corrected chi connectivity index (χ4v) is 3.04. The van der Waals surface area contributed by atoms with Crippen LogP contribution >= 0.6 is 11.6 Å². The molecule has 2 heterocycles. The van der Waals surface area contributed by atoms with Crippen LogP contribution in [-0.2, 0) is 0 Å². The number of benzene rings is 2. The lowest BCUT2D eigenvalue weighted by Crippen LogP contribution is -2.16. The van der Waals surface area contributed by atoms with Crippen molar-refractivity contribution in [1.29, 1.82) is 0 Å². The van der Waals surface area contributed by atoms with Crippen molar-refractivity contribution < 1.29 is 9.53 Å². The predicted molar refractivity (Wildman–Crippen MR) is 105 cm³/mol. The van der Waals surface area contributed by atoms with Crippen LogP contribution in [0, 0.1) is 0 Å². The van der Waals surface area contributed by atoms with E-state index in [1.54, 1.807) is 36.5 Å². The van der Waals surface area contributed by atoms with Crippen molar-refractivity contribution in [1.82, 2.24) is 29.8 Å². The van der Waals surface area contributed by atoms with Crippen LogP contribution < -0.4 is 15.7 Å². The Morgan fingerprint density at radius 3 is 2.83 bits per heavy atom. The quantitative estimate of drug-likeness (QED) is 0.518. The van der Waals surface area contributed by atoms with Crippen molar-refractivity contribution in [3.63, 3.8) is 0 Å². The van der Waals surface area contributed by atoms with Crippen molar-refractivity contribution >= 4 is 23.2 Å². The molecule has 0 radical (unpaired) electrons. The van der Waals surface area contributed by atoms with Crippen molar-refractivity contribution in [2.75, 3.05) is 12.4 Å². The number of nitrogens with zero attached hydrogens (tertiary/aromatic N) is 5. The largest absolute Gasteiger partial charge is 0.496 e. The zero-order valence-electron chi connectivity index (χ0n) is 15.0. The number of imidazole rings is 1. The molecule has 0 atom stereocenters. The fraction of sp³-hybridized carbons (Fsp3) is 0.0556. The third-order valence-corrected chi connectivity index (χ3v) is 4.44. The van der Waals surface area contributed by atoms with Crippen LogP contribution in [0.3, 0.4) is 0 Å². The van der Waals surface area contributed by atoms with Gasteiger partial charge < -0.3 is 15.0 Å². The number of amides is 1. The predicted octanol–water partition coefficient (Wildman–Crippen LogP) is 2.06. The van der Waals surface area contributed by atoms with Crippen LogP contribution in [0.25, 0.3) is 11.4 Å². The number of aromatic amines is 1. The first-order valence-electron chi connectivity index (χ1n) is 8.35. The second-order valence-corrected chi connectivity index (χ2v) is 6.31. The normalized spacial score (nSPS) is 10.7. The van der Waals surface area contributed by atoms with Gasteiger partial charge in [0.05, 0.1) is 29.1 Å². The number of anilines is 1. The van der Waals surface area contributed by atoms with Gasteiger partial charge in [0.1, 0.15) is 12.1 Å². The van der Waals surface area contributed by atoms with E-state index >= 15 is 0 Å². The van der Waals surface area contributed by atoms with Crippen LogP contribution in [0.2, 0.25) is 5.02 Å². The summed E-state index contributed by atoms with van der Waals surface area (Å²) in [5.41, 5.74) is 1.54. The molecule has 146 valence electrons. The maximum atomic E-state index is 12.8. The lowest BCUT2D eigenvalue weighted by molar-refractivity contribution is 0.102. The van der Waals surface area contributed by atoms with Gasteiger partial charge in [-0.25, -0.2) is 4.79 Å². The molecule has 0 aliphatic heterocycles. The number of rotatable bonds is 5. The molecule has 4 aromatic rings. The topological polar surface area (TPSA) is 120 Å². The number of hydrogen-bond donors (Lipinski definition) is 2. The van der Waals surface area contributed by atoms with Crippen LogP contribution in [-0.4, -0.2) is 42.8 Å². The van der Waals surface area contributed by atoms with Gasteiger partial charge in [-0.15, -0.1) is 5.10 Å². The average molecular weight is 412 g/mol. The summed E-state index contributed by atoms with van der Waals surface area (Å²) in [6.07, 6.45) is 4.52. The summed E-state index contributed by atoms with van der Waals surface area (Å²) in [7, 11) is 1.45. The van der Waals surface area contributed by atoms with Gasteiger partial charge in [0.25, 0.3) is 5.91 Å². The summed E-state index contributed by atoms with van der Waals surface area (Å²) >= 11 is 6.31. The smallest absolute Gasteiger partial charge is 0.330 e. The molecule has 29 heavy (non-hydrogen) atoms. The first kappa shape index (κ1) is 18.4. The Labute approximate surface area is 168 Å². The van der Waals surface area contributed by atoms with Crippen LogP contribution in [0.4, 0.5) is 5.69 Å². The molecule has 0 fully saturated rings. The molecule has 0 aliphatic carbocycles. The van der Waals surface area contributed by atoms with E-state index in [1.807, 2.05) is 0 Å². The highest BCUT2D eigenvalue weighted by atomic mass is 35.5. The molecule has 2 N–H and O–H groups in total. The number of carbonyl (C=O) groups excluding carboxylic acids is 1. The van der Waals surface area contributed by atoms with E-state index in [9.17, 15) is 9.59 Å². The Hall–Kier alpha value is -3.92. The molecule has 0 aliphatic rings. The van der Waals surface area contributed by atoms with Crippen LogP contribution in [0.1, 0.15) is 10.4 Å². The molecule has 0 saturated carbocycles. The van der Waals surface area contributed by atoms with Crippen molar-refractivity contribution in [3.8, 4) is 17.1 Å². The fourth-order valence-electron chi connectivity index (χ4n) is 2.79. The summed E-state index contributed by atoms with van der Waals surface area (Å²) in [5, 5.41) is 14.0. The maximum absolute atomic E-state index is 12.8. The molecule has 2 aromatic carbocycles. The monoisotopic (exact) mass is 411 g/mol. The lowest BCUT2D eigenvalue weighted by atomic mass is 10.1. The van der Waals surface area contributed by atoms with E-state index in [2.05, 4.69) is 25.8 Å². The zero-order valence-corrected chi connectivity index (χ0v) is 15.8. The van der Waals surface area contributed by atoms with Gasteiger partial charge in [-0.3, -0.25) is 9.36 Å². The number of tetrazole rings is 1. The number of carbonyl (C=O) groups is 1. The summed E-state index contributed by atoms with van der Waals surface area (Å²) in [4.78, 5) is 27.2. The Bertz CT molecular complexity index is 1230. The van der Waals surface area contributed by atoms with Crippen LogP contribution in [0.15, 0.2) is 59.9 Å². The van der Waals surface area contributed by atoms with Gasteiger partial charge in [-0.1, -0.05) is 17.7 Å². The number of hydrogen-bond acceptors (Lipinski definition) is 6. The van der Waals surface area contributed by atoms with Gasteiger partial charge >= 0.3 is 5.69 Å². The number of nitrogens with one attached hydrogen (secondary N) is 2. The van der Waals surface area contributed by atoms with E-state index in [1.165, 1.54) is 34.9 Å². The Balaban J connectivity index is 1.65. The van der Waals surface area contributed by atoms with E-state index in [0.29, 0.717) is 22.8 Å². The number of H-pyrrole nitrogens is 1. The first-order valence-corrected chi connectivity index (χ1v) is 8.73. The molecule has 0 unspecified atom stereocenters. The van der Waals surface area contributed by atoms with Crippen molar-refractivity contribution in [2.24, 2.45) is 0 Å². The Morgan fingerprint density at radius 1 is 1.28 bits per heavy atom. The highest BCUT2D eigenvalue weighted by molar-refractivity contribution is 6.33. The summed E-state index contributed by atoms with van der Waals surface area (Å²) < 4.78 is 8.14. The van der Waals surface area contributed by atoms with Crippen molar-refractivity contribution in [3.05, 3.63) is 76.2 Å². The molecule has 0 saturated heterocycles. The highest BCUT2D eigenvalue weighted by Gasteiger charge is 2.18. The minimum Gasteiger partial charge on any atom is -0.496 e. The van der Waals surface area contributed by atoms with Gasteiger partial charge in [0.2, 0.25) is 0 Å². The second kappa shape index (κ2) is 7.60. The molecule has 4 rings (SSSR count). The van der Waals surface area contributed by atoms with E-state index in [0.717, 1.165) is 0 Å². The first-order chi connectivity index (χ1) is 14.1. The highest BCUT2D eigenvalue weighted by Crippen LogP contribution is 2.30. The average Bonchev–Trinajstić information content (AvgIpc) is 3.39. The molecular formula is C18H14ClN7O3. The van der Waals surface area contributed by atoms with E-state index in [4.69, 9.17) is 16.3 Å². The van der Waals surface area contributed by atoms with Gasteiger partial charge in [0.15, 0.2) is 0 Å². The lowest BCUT2D eigenvalue weighted by Gasteiger charge is -2.13.